The lowest BCUT2D eigenvalue weighted by atomic mass is 10.1. The molecule has 16 heavy (non-hydrogen) atoms. The average molecular weight is 230 g/mol. The van der Waals surface area contributed by atoms with E-state index in [-0.39, 0.29) is 0 Å². The number of nitrogens with one attached hydrogen (secondary N) is 2. The van der Waals surface area contributed by atoms with E-state index in [0.717, 1.165) is 45.6 Å². The second kappa shape index (κ2) is 11.3. The Hall–Kier alpha value is -0.160. The summed E-state index contributed by atoms with van der Waals surface area (Å²) in [4.78, 5) is 0. The highest BCUT2D eigenvalue weighted by atomic mass is 14.9. The van der Waals surface area contributed by atoms with Crippen LogP contribution in [0, 0.1) is 5.92 Å². The quantitative estimate of drug-likeness (QED) is 0.385. The van der Waals surface area contributed by atoms with Crippen LogP contribution in [0.25, 0.3) is 0 Å². The van der Waals surface area contributed by atoms with Crippen molar-refractivity contribution in [1.82, 2.24) is 10.6 Å². The largest absolute Gasteiger partial charge is 0.330 e. The smallest absolute Gasteiger partial charge is 0.00508 e. The van der Waals surface area contributed by atoms with Crippen molar-refractivity contribution in [2.24, 2.45) is 17.4 Å². The van der Waals surface area contributed by atoms with Crippen molar-refractivity contribution in [2.75, 3.05) is 32.7 Å². The minimum absolute atomic E-state index is 0.539. The molecular formula is C12H30N4. The van der Waals surface area contributed by atoms with Crippen LogP contribution in [0.5, 0.6) is 0 Å². The summed E-state index contributed by atoms with van der Waals surface area (Å²) in [6.07, 6.45) is 3.34. The molecule has 6 N–H and O–H groups in total. The average Bonchev–Trinajstić information content (AvgIpc) is 2.26. The van der Waals surface area contributed by atoms with Crippen molar-refractivity contribution in [2.45, 2.75) is 39.2 Å². The van der Waals surface area contributed by atoms with Gasteiger partial charge in [-0.25, -0.2) is 0 Å². The number of hydrogen-bond acceptors (Lipinski definition) is 4. The van der Waals surface area contributed by atoms with Gasteiger partial charge in [0.2, 0.25) is 0 Å². The first kappa shape index (κ1) is 15.8. The van der Waals surface area contributed by atoms with Gasteiger partial charge in [0.25, 0.3) is 0 Å². The maximum atomic E-state index is 5.50. The molecule has 0 amide bonds. The minimum atomic E-state index is 0.539. The van der Waals surface area contributed by atoms with Crippen LogP contribution in [-0.4, -0.2) is 38.8 Å². The molecule has 0 aliphatic rings. The fourth-order valence-electron chi connectivity index (χ4n) is 1.56. The van der Waals surface area contributed by atoms with E-state index in [4.69, 9.17) is 11.5 Å². The minimum Gasteiger partial charge on any atom is -0.330 e. The van der Waals surface area contributed by atoms with Crippen LogP contribution < -0.4 is 22.1 Å². The molecule has 0 radical (unpaired) electrons. The van der Waals surface area contributed by atoms with Gasteiger partial charge in [-0.15, -0.1) is 0 Å². The van der Waals surface area contributed by atoms with Crippen molar-refractivity contribution < 1.29 is 0 Å². The van der Waals surface area contributed by atoms with Crippen LogP contribution in [0.1, 0.15) is 33.1 Å². The topological polar surface area (TPSA) is 76.1 Å². The number of rotatable bonds is 11. The van der Waals surface area contributed by atoms with Crippen LogP contribution in [0.15, 0.2) is 0 Å². The van der Waals surface area contributed by atoms with Crippen molar-refractivity contribution >= 4 is 0 Å². The third kappa shape index (κ3) is 10.4. The second-order valence-corrected chi connectivity index (χ2v) is 4.67. The molecule has 0 spiro atoms. The fraction of sp³-hybridized carbons (Fsp3) is 1.00. The summed E-state index contributed by atoms with van der Waals surface area (Å²) in [7, 11) is 0. The summed E-state index contributed by atoms with van der Waals surface area (Å²) in [5.74, 6) is 0.714. The summed E-state index contributed by atoms with van der Waals surface area (Å²) >= 11 is 0. The molecule has 4 nitrogen and oxygen atoms in total. The van der Waals surface area contributed by atoms with Crippen molar-refractivity contribution in [3.63, 3.8) is 0 Å². The van der Waals surface area contributed by atoms with Gasteiger partial charge in [-0.3, -0.25) is 0 Å². The van der Waals surface area contributed by atoms with E-state index in [1.54, 1.807) is 0 Å². The molecule has 0 rings (SSSR count). The zero-order valence-corrected chi connectivity index (χ0v) is 11.0. The Morgan fingerprint density at radius 3 is 2.38 bits per heavy atom. The van der Waals surface area contributed by atoms with Gasteiger partial charge in [0, 0.05) is 6.04 Å². The molecule has 0 fully saturated rings. The van der Waals surface area contributed by atoms with E-state index in [2.05, 4.69) is 24.5 Å². The van der Waals surface area contributed by atoms with Crippen LogP contribution in [-0.2, 0) is 0 Å². The predicted octanol–water partition coefficient (Wildman–Crippen LogP) is 0.278. The Labute approximate surface area is 101 Å². The van der Waals surface area contributed by atoms with Crippen molar-refractivity contribution in [1.29, 1.82) is 0 Å². The Balaban J connectivity index is 3.27. The van der Waals surface area contributed by atoms with Crippen LogP contribution in [0.4, 0.5) is 0 Å². The van der Waals surface area contributed by atoms with E-state index in [1.165, 1.54) is 6.42 Å². The third-order valence-electron chi connectivity index (χ3n) is 2.79. The summed E-state index contributed by atoms with van der Waals surface area (Å²) in [6.45, 7) is 9.24. The molecule has 0 aromatic rings. The number of nitrogens with two attached hydrogens (primary N) is 2. The van der Waals surface area contributed by atoms with E-state index in [9.17, 15) is 0 Å². The van der Waals surface area contributed by atoms with E-state index in [1.807, 2.05) is 0 Å². The van der Waals surface area contributed by atoms with Crippen LogP contribution in [0.2, 0.25) is 0 Å². The first-order valence-corrected chi connectivity index (χ1v) is 6.55. The van der Waals surface area contributed by atoms with Gasteiger partial charge in [-0.1, -0.05) is 6.92 Å². The Bertz CT molecular complexity index is 141. The number of hydrogen-bond donors (Lipinski definition) is 4. The Morgan fingerprint density at radius 2 is 1.75 bits per heavy atom. The highest BCUT2D eigenvalue weighted by Gasteiger charge is 2.04. The van der Waals surface area contributed by atoms with Gasteiger partial charge in [0.15, 0.2) is 0 Å². The molecule has 0 heterocycles. The summed E-state index contributed by atoms with van der Waals surface area (Å²) in [5, 5.41) is 6.91. The highest BCUT2D eigenvalue weighted by Crippen LogP contribution is 1.99. The summed E-state index contributed by atoms with van der Waals surface area (Å²) in [6, 6.07) is 0.539. The van der Waals surface area contributed by atoms with Crippen molar-refractivity contribution in [3.8, 4) is 0 Å². The standard InChI is InChI=1S/C12H30N4/c1-11(5-9-15-8-3-6-13)10-16-12(2)4-7-14/h11-12,15-16H,3-10,13-14H2,1-2H3. The molecule has 0 aromatic carbocycles. The molecule has 0 saturated carbocycles. The monoisotopic (exact) mass is 230 g/mol. The summed E-state index contributed by atoms with van der Waals surface area (Å²) < 4.78 is 0. The lowest BCUT2D eigenvalue weighted by molar-refractivity contribution is 0.422. The molecule has 4 heteroatoms. The fourth-order valence-corrected chi connectivity index (χ4v) is 1.56. The van der Waals surface area contributed by atoms with Gasteiger partial charge < -0.3 is 22.1 Å². The first-order chi connectivity index (χ1) is 7.70. The highest BCUT2D eigenvalue weighted by molar-refractivity contribution is 4.65. The maximum Gasteiger partial charge on any atom is 0.00508 e. The predicted molar refractivity (Wildman–Crippen MR) is 71.5 cm³/mol. The van der Waals surface area contributed by atoms with Gasteiger partial charge >= 0.3 is 0 Å². The van der Waals surface area contributed by atoms with Gasteiger partial charge in [-0.05, 0) is 64.8 Å². The Kier molecular flexibility index (Phi) is 11.2. The van der Waals surface area contributed by atoms with Crippen LogP contribution in [0.3, 0.4) is 0 Å². The lowest BCUT2D eigenvalue weighted by Gasteiger charge is -2.17. The SMILES string of the molecule is CC(CCNCCCN)CNC(C)CCN. The van der Waals surface area contributed by atoms with E-state index >= 15 is 0 Å². The maximum absolute atomic E-state index is 5.50. The summed E-state index contributed by atoms with van der Waals surface area (Å²) in [5.41, 5.74) is 10.9. The molecule has 2 atom stereocenters. The van der Waals surface area contributed by atoms with Gasteiger partial charge in [0.05, 0.1) is 0 Å². The zero-order valence-electron chi connectivity index (χ0n) is 11.0. The van der Waals surface area contributed by atoms with E-state index in [0.29, 0.717) is 12.0 Å². The molecule has 0 aliphatic heterocycles. The van der Waals surface area contributed by atoms with Crippen molar-refractivity contribution in [3.05, 3.63) is 0 Å². The molecule has 0 aromatic heterocycles. The van der Waals surface area contributed by atoms with Crippen LogP contribution >= 0.6 is 0 Å². The second-order valence-electron chi connectivity index (χ2n) is 4.67. The molecule has 0 aliphatic carbocycles. The molecule has 0 saturated heterocycles. The lowest BCUT2D eigenvalue weighted by Crippen LogP contribution is -2.33. The first-order valence-electron chi connectivity index (χ1n) is 6.55. The van der Waals surface area contributed by atoms with Gasteiger partial charge in [0.1, 0.15) is 0 Å². The zero-order chi connectivity index (χ0) is 12.2. The molecular weight excluding hydrogens is 200 g/mol. The molecule has 98 valence electrons. The molecule has 2 unspecified atom stereocenters. The Morgan fingerprint density at radius 1 is 1.00 bits per heavy atom. The molecule has 0 bridgehead atoms. The van der Waals surface area contributed by atoms with E-state index < -0.39 is 0 Å². The third-order valence-corrected chi connectivity index (χ3v) is 2.79. The normalized spacial score (nSPS) is 15.0. The van der Waals surface area contributed by atoms with Gasteiger partial charge in [-0.2, -0.15) is 0 Å².